The molecular formula is C67H79N7O2. The first-order chi connectivity index (χ1) is 35.1. The van der Waals surface area contributed by atoms with Gasteiger partial charge in [-0.15, -0.1) is 0 Å². The lowest BCUT2D eigenvalue weighted by Gasteiger charge is -2.27. The molecule has 0 fully saturated rings. The predicted octanol–water partition coefficient (Wildman–Crippen LogP) is 16.8. The van der Waals surface area contributed by atoms with Crippen molar-refractivity contribution in [3.63, 3.8) is 0 Å². The number of aromatic nitrogens is 7. The van der Waals surface area contributed by atoms with Crippen LogP contribution in [0.4, 0.5) is 0 Å². The highest BCUT2D eigenvalue weighted by atomic mass is 16.3. The molecule has 6 aromatic carbocycles. The Morgan fingerprint density at radius 1 is 0.355 bits per heavy atom. The van der Waals surface area contributed by atoms with E-state index in [1.807, 2.05) is 14.1 Å². The SMILES string of the molecule is Cn1c(-c2cc(C(C)(C)C)cc(C(C)(C)C)c2O)nc2c(-c3cc(-c4ncnc(-c5cc(-c6cccc7c6nc(-c6cc(C(C)(C)C)cc(C(C)(C)C)c6O)n7C)cc(C(C)(C)C)c5)n4)cc(C(C)(C)C)c3)cccc21. The van der Waals surface area contributed by atoms with Crippen molar-refractivity contribution in [1.29, 1.82) is 0 Å². The van der Waals surface area contributed by atoms with Gasteiger partial charge in [0.1, 0.15) is 29.5 Å². The molecule has 9 aromatic rings. The van der Waals surface area contributed by atoms with Crippen molar-refractivity contribution in [1.82, 2.24) is 34.1 Å². The Morgan fingerprint density at radius 2 is 0.684 bits per heavy atom. The smallest absolute Gasteiger partial charge is 0.163 e. The Morgan fingerprint density at radius 3 is 1.01 bits per heavy atom. The average Bonchev–Trinajstić information content (AvgIpc) is 3.85. The highest BCUT2D eigenvalue weighted by Crippen LogP contribution is 2.46. The first-order valence-electron chi connectivity index (χ1n) is 26.8. The quantitative estimate of drug-likeness (QED) is 0.170. The maximum absolute atomic E-state index is 12.0. The van der Waals surface area contributed by atoms with E-state index in [-0.39, 0.29) is 44.0 Å². The van der Waals surface area contributed by atoms with Gasteiger partial charge in [0.15, 0.2) is 11.6 Å². The molecule has 0 saturated heterocycles. The molecule has 0 radical (unpaired) electrons. The summed E-state index contributed by atoms with van der Waals surface area (Å²) < 4.78 is 4.21. The van der Waals surface area contributed by atoms with Gasteiger partial charge in [-0.3, -0.25) is 0 Å². The molecule has 0 bridgehead atoms. The lowest BCUT2D eigenvalue weighted by molar-refractivity contribution is 0.445. The van der Waals surface area contributed by atoms with Crippen molar-refractivity contribution in [2.24, 2.45) is 14.1 Å². The summed E-state index contributed by atoms with van der Waals surface area (Å²) in [6, 6.07) is 34.4. The van der Waals surface area contributed by atoms with Crippen LogP contribution in [-0.4, -0.2) is 44.3 Å². The molecule has 3 heterocycles. The molecular weight excluding hydrogens is 935 g/mol. The summed E-state index contributed by atoms with van der Waals surface area (Å²) in [5, 5.41) is 24.0. The van der Waals surface area contributed by atoms with Crippen LogP contribution in [0.1, 0.15) is 158 Å². The largest absolute Gasteiger partial charge is 0.507 e. The van der Waals surface area contributed by atoms with Gasteiger partial charge in [0.2, 0.25) is 0 Å². The van der Waals surface area contributed by atoms with Crippen molar-refractivity contribution in [2.45, 2.75) is 157 Å². The molecule has 0 aliphatic rings. The summed E-state index contributed by atoms with van der Waals surface area (Å²) in [5.41, 5.74) is 15.8. The van der Waals surface area contributed by atoms with E-state index in [0.717, 1.165) is 100.0 Å². The molecule has 0 spiro atoms. The summed E-state index contributed by atoms with van der Waals surface area (Å²) in [7, 11) is 4.07. The van der Waals surface area contributed by atoms with Crippen molar-refractivity contribution >= 4 is 22.1 Å². The number of rotatable bonds is 6. The second-order valence-electron chi connectivity index (χ2n) is 27.4. The molecule has 2 N–H and O–H groups in total. The minimum Gasteiger partial charge on any atom is -0.507 e. The molecule has 0 aliphatic heterocycles. The van der Waals surface area contributed by atoms with E-state index < -0.39 is 0 Å². The van der Waals surface area contributed by atoms with Gasteiger partial charge < -0.3 is 19.3 Å². The zero-order valence-electron chi connectivity index (χ0n) is 48.8. The number of aryl methyl sites for hydroxylation is 2. The molecule has 0 unspecified atom stereocenters. The van der Waals surface area contributed by atoms with Crippen LogP contribution in [0.15, 0.2) is 103 Å². The van der Waals surface area contributed by atoms with E-state index in [9.17, 15) is 10.2 Å². The van der Waals surface area contributed by atoms with Crippen LogP contribution in [-0.2, 0) is 46.6 Å². The highest BCUT2D eigenvalue weighted by molar-refractivity contribution is 5.97. The number of nitrogens with zero attached hydrogens (tertiary/aromatic N) is 7. The Bertz CT molecular complexity index is 3510. The first-order valence-corrected chi connectivity index (χ1v) is 26.8. The summed E-state index contributed by atoms with van der Waals surface area (Å²) in [6.07, 6.45) is 1.62. The molecule has 0 aliphatic carbocycles. The topological polar surface area (TPSA) is 115 Å². The molecule has 76 heavy (non-hydrogen) atoms. The van der Waals surface area contributed by atoms with Crippen LogP contribution in [0.2, 0.25) is 0 Å². The summed E-state index contributed by atoms with van der Waals surface area (Å²) in [5.74, 6) is 3.08. The lowest BCUT2D eigenvalue weighted by Crippen LogP contribution is -2.17. The number of benzene rings is 6. The summed E-state index contributed by atoms with van der Waals surface area (Å²) >= 11 is 0. The van der Waals surface area contributed by atoms with Crippen molar-refractivity contribution < 1.29 is 10.2 Å². The number of para-hydroxylation sites is 2. The normalized spacial score (nSPS) is 13.1. The van der Waals surface area contributed by atoms with Crippen molar-refractivity contribution in [3.05, 3.63) is 137 Å². The monoisotopic (exact) mass is 1010 g/mol. The fraction of sp³-hybridized carbons (Fsp3) is 0.388. The second kappa shape index (κ2) is 18.3. The van der Waals surface area contributed by atoms with Gasteiger partial charge in [-0.25, -0.2) is 24.9 Å². The van der Waals surface area contributed by atoms with E-state index in [2.05, 4.69) is 231 Å². The van der Waals surface area contributed by atoms with Crippen molar-refractivity contribution in [3.8, 4) is 79.3 Å². The third-order valence-electron chi connectivity index (χ3n) is 15.2. The van der Waals surface area contributed by atoms with Gasteiger partial charge in [-0.05, 0) is 114 Å². The van der Waals surface area contributed by atoms with E-state index >= 15 is 0 Å². The fourth-order valence-corrected chi connectivity index (χ4v) is 10.3. The Balaban J connectivity index is 1.18. The van der Waals surface area contributed by atoms with E-state index in [1.165, 1.54) is 0 Å². The number of hydrogen-bond donors (Lipinski definition) is 2. The van der Waals surface area contributed by atoms with Gasteiger partial charge in [-0.2, -0.15) is 0 Å². The molecule has 3 aromatic heterocycles. The third-order valence-corrected chi connectivity index (χ3v) is 15.2. The Kier molecular flexibility index (Phi) is 12.9. The van der Waals surface area contributed by atoms with Crippen LogP contribution in [0.5, 0.6) is 11.5 Å². The minimum atomic E-state index is -0.283. The van der Waals surface area contributed by atoms with E-state index in [4.69, 9.17) is 24.9 Å². The number of fused-ring (bicyclic) bond motifs is 2. The van der Waals surface area contributed by atoms with E-state index in [1.54, 1.807) is 6.33 Å². The number of imidazole rings is 2. The molecule has 394 valence electrons. The summed E-state index contributed by atoms with van der Waals surface area (Å²) in [4.78, 5) is 25.8. The zero-order chi connectivity index (χ0) is 55.6. The van der Waals surface area contributed by atoms with Gasteiger partial charge in [-0.1, -0.05) is 173 Å². The second-order valence-corrected chi connectivity index (χ2v) is 27.4. The maximum Gasteiger partial charge on any atom is 0.163 e. The van der Waals surface area contributed by atoms with Crippen LogP contribution in [0, 0.1) is 0 Å². The van der Waals surface area contributed by atoms with Crippen LogP contribution in [0.25, 0.3) is 89.9 Å². The lowest BCUT2D eigenvalue weighted by atomic mass is 9.79. The number of aromatic hydroxyl groups is 2. The first kappa shape index (κ1) is 53.7. The Labute approximate surface area is 451 Å². The average molecular weight is 1010 g/mol. The standard InChI is InChI=1S/C67H79N7O2/c1-62(2,3)42-29-38(46-23-21-25-52-54(46)70-60(73(52)19)48-33-44(64(7,8)9)35-50(56(48)75)66(13,14)15)27-40(31-42)58-68-37-69-59(72-58)41-28-39(30-43(32-41)63(4,5)6)47-24-22-26-53-55(47)71-61(74(53)20)49-34-45(65(10,11)12)36-51(57(49)76)67(16,17)18/h21-37,75-76H,1-20H3. The van der Waals surface area contributed by atoms with Gasteiger partial charge >= 0.3 is 0 Å². The highest BCUT2D eigenvalue weighted by Gasteiger charge is 2.31. The molecule has 9 heteroatoms. The fourth-order valence-electron chi connectivity index (χ4n) is 10.3. The zero-order valence-corrected chi connectivity index (χ0v) is 48.8. The molecule has 0 amide bonds. The van der Waals surface area contributed by atoms with Gasteiger partial charge in [0.05, 0.1) is 33.2 Å². The van der Waals surface area contributed by atoms with Gasteiger partial charge in [0, 0.05) is 47.5 Å². The number of hydrogen-bond acceptors (Lipinski definition) is 7. The number of phenols is 2. The molecule has 9 nitrogen and oxygen atoms in total. The van der Waals surface area contributed by atoms with Crippen molar-refractivity contribution in [2.75, 3.05) is 0 Å². The Hall–Kier alpha value is -7.13. The molecule has 0 atom stereocenters. The third kappa shape index (κ3) is 9.94. The molecule has 9 rings (SSSR count). The minimum absolute atomic E-state index is 0.142. The van der Waals surface area contributed by atoms with E-state index in [0.29, 0.717) is 23.3 Å². The van der Waals surface area contributed by atoms with Gasteiger partial charge in [0.25, 0.3) is 0 Å². The van der Waals surface area contributed by atoms with Crippen LogP contribution < -0.4 is 0 Å². The van der Waals surface area contributed by atoms with Crippen LogP contribution >= 0.6 is 0 Å². The van der Waals surface area contributed by atoms with Crippen LogP contribution in [0.3, 0.4) is 0 Å². The molecule has 0 saturated carbocycles. The predicted molar refractivity (Wildman–Crippen MR) is 317 cm³/mol. The maximum atomic E-state index is 12.0. The summed E-state index contributed by atoms with van der Waals surface area (Å²) in [6.45, 7) is 39.5. The number of phenolic OH excluding ortho intramolecular Hbond substituents is 2.